The molecule has 0 radical (unpaired) electrons. The van der Waals surface area contributed by atoms with Crippen LogP contribution in [0.1, 0.15) is 38.8 Å². The van der Waals surface area contributed by atoms with Crippen LogP contribution < -0.4 is 5.73 Å². The minimum Gasteiger partial charge on any atom is -0.329 e. The van der Waals surface area contributed by atoms with E-state index in [0.717, 1.165) is 6.42 Å². The number of rotatable bonds is 5. The van der Waals surface area contributed by atoms with Gasteiger partial charge in [-0.05, 0) is 49.7 Å². The Kier molecular flexibility index (Phi) is 4.46. The molecule has 0 bridgehead atoms. The predicted molar refractivity (Wildman–Crippen MR) is 87.9 cm³/mol. The second kappa shape index (κ2) is 5.94. The maximum absolute atomic E-state index is 6.06. The van der Waals surface area contributed by atoms with Gasteiger partial charge in [-0.3, -0.25) is 4.90 Å². The lowest BCUT2D eigenvalue weighted by Gasteiger charge is -2.40. The minimum absolute atomic E-state index is 0.148. The van der Waals surface area contributed by atoms with Crippen molar-refractivity contribution in [2.45, 2.75) is 38.8 Å². The number of hydrogen-bond donors (Lipinski definition) is 1. The van der Waals surface area contributed by atoms with E-state index >= 15 is 0 Å². The van der Waals surface area contributed by atoms with Gasteiger partial charge < -0.3 is 5.73 Å². The van der Waals surface area contributed by atoms with Crippen LogP contribution in [-0.4, -0.2) is 24.0 Å². The van der Waals surface area contributed by atoms with Gasteiger partial charge in [0.1, 0.15) is 0 Å². The van der Waals surface area contributed by atoms with E-state index in [1.807, 2.05) is 0 Å². The quantitative estimate of drug-likeness (QED) is 0.891. The van der Waals surface area contributed by atoms with Crippen molar-refractivity contribution in [3.05, 3.63) is 48.0 Å². The summed E-state index contributed by atoms with van der Waals surface area (Å²) in [5.41, 5.74) is 7.51. The summed E-state index contributed by atoms with van der Waals surface area (Å²) < 4.78 is 0. The molecule has 0 aromatic heterocycles. The molecular formula is C18H26N2. The second-order valence-corrected chi connectivity index (χ2v) is 6.13. The molecule has 0 saturated heterocycles. The summed E-state index contributed by atoms with van der Waals surface area (Å²) in [6.07, 6.45) is 1.10. The van der Waals surface area contributed by atoms with Crippen molar-refractivity contribution in [3.63, 3.8) is 0 Å². The topological polar surface area (TPSA) is 29.3 Å². The normalized spacial score (nSPS) is 13.9. The summed E-state index contributed by atoms with van der Waals surface area (Å²) in [7, 11) is 2.18. The van der Waals surface area contributed by atoms with Gasteiger partial charge in [-0.15, -0.1) is 0 Å². The first-order valence-corrected chi connectivity index (χ1v) is 7.41. The lowest BCUT2D eigenvalue weighted by atomic mass is 9.94. The van der Waals surface area contributed by atoms with Crippen LogP contribution in [0.15, 0.2) is 42.5 Å². The second-order valence-electron chi connectivity index (χ2n) is 6.13. The van der Waals surface area contributed by atoms with Crippen LogP contribution >= 0.6 is 0 Å². The Morgan fingerprint density at radius 3 is 2.35 bits per heavy atom. The van der Waals surface area contributed by atoms with Gasteiger partial charge in [0.15, 0.2) is 0 Å². The molecule has 2 N–H and O–H groups in total. The number of nitrogens with two attached hydrogens (primary N) is 1. The molecule has 108 valence electrons. The van der Waals surface area contributed by atoms with E-state index in [9.17, 15) is 0 Å². The average Bonchev–Trinajstić information content (AvgIpc) is 2.47. The highest BCUT2D eigenvalue weighted by atomic mass is 15.2. The molecule has 2 rings (SSSR count). The maximum Gasteiger partial charge on any atom is 0.0472 e. The standard InChI is InChI=1S/C18H26N2/c1-5-18(2,3)20(4)17(13-19)16-11-10-14-8-6-7-9-15(14)12-16/h6-12,17H,5,13,19H2,1-4H3. The number of likely N-dealkylation sites (N-methyl/N-ethyl adjacent to an activating group) is 1. The zero-order chi connectivity index (χ0) is 14.8. The van der Waals surface area contributed by atoms with E-state index in [2.05, 4.69) is 75.2 Å². The smallest absolute Gasteiger partial charge is 0.0472 e. The van der Waals surface area contributed by atoms with E-state index in [1.165, 1.54) is 16.3 Å². The highest BCUT2D eigenvalue weighted by molar-refractivity contribution is 5.83. The third-order valence-corrected chi connectivity index (χ3v) is 4.67. The molecule has 2 nitrogen and oxygen atoms in total. The van der Waals surface area contributed by atoms with Gasteiger partial charge in [0.25, 0.3) is 0 Å². The Balaban J connectivity index is 2.39. The zero-order valence-electron chi connectivity index (χ0n) is 13.1. The molecule has 0 amide bonds. The third-order valence-electron chi connectivity index (χ3n) is 4.67. The molecule has 1 atom stereocenters. The summed E-state index contributed by atoms with van der Waals surface area (Å²) in [4.78, 5) is 2.40. The fourth-order valence-corrected chi connectivity index (χ4v) is 2.60. The fourth-order valence-electron chi connectivity index (χ4n) is 2.60. The maximum atomic E-state index is 6.06. The van der Waals surface area contributed by atoms with Crippen molar-refractivity contribution in [2.24, 2.45) is 5.73 Å². The van der Waals surface area contributed by atoms with E-state index in [1.54, 1.807) is 0 Å². The summed E-state index contributed by atoms with van der Waals surface area (Å²) in [6, 6.07) is 15.4. The molecule has 0 heterocycles. The van der Waals surface area contributed by atoms with E-state index in [4.69, 9.17) is 5.73 Å². The molecule has 2 heteroatoms. The molecule has 0 aliphatic rings. The first kappa shape index (κ1) is 15.0. The lowest BCUT2D eigenvalue weighted by molar-refractivity contribution is 0.101. The Morgan fingerprint density at radius 1 is 1.10 bits per heavy atom. The van der Waals surface area contributed by atoms with Gasteiger partial charge in [-0.2, -0.15) is 0 Å². The van der Waals surface area contributed by atoms with Crippen molar-refractivity contribution in [1.29, 1.82) is 0 Å². The van der Waals surface area contributed by atoms with Crippen LogP contribution in [-0.2, 0) is 0 Å². The van der Waals surface area contributed by atoms with Gasteiger partial charge in [-0.25, -0.2) is 0 Å². The van der Waals surface area contributed by atoms with Gasteiger partial charge in [0, 0.05) is 18.1 Å². The first-order chi connectivity index (χ1) is 9.49. The number of hydrogen-bond acceptors (Lipinski definition) is 2. The van der Waals surface area contributed by atoms with E-state index in [-0.39, 0.29) is 11.6 Å². The first-order valence-electron chi connectivity index (χ1n) is 7.41. The summed E-state index contributed by atoms with van der Waals surface area (Å²) in [5, 5.41) is 2.57. The molecule has 0 spiro atoms. The molecule has 0 fully saturated rings. The van der Waals surface area contributed by atoms with Gasteiger partial charge >= 0.3 is 0 Å². The van der Waals surface area contributed by atoms with Crippen LogP contribution in [0.4, 0.5) is 0 Å². The number of fused-ring (bicyclic) bond motifs is 1. The molecule has 2 aromatic rings. The SMILES string of the molecule is CCC(C)(C)N(C)C(CN)c1ccc2ccccc2c1. The Hall–Kier alpha value is -1.38. The van der Waals surface area contributed by atoms with Gasteiger partial charge in [-0.1, -0.05) is 43.3 Å². The average molecular weight is 270 g/mol. The molecule has 0 aliphatic carbocycles. The largest absolute Gasteiger partial charge is 0.329 e. The fraction of sp³-hybridized carbons (Fsp3) is 0.444. The van der Waals surface area contributed by atoms with E-state index < -0.39 is 0 Å². The summed E-state index contributed by atoms with van der Waals surface area (Å²) in [5.74, 6) is 0. The Morgan fingerprint density at radius 2 is 1.75 bits per heavy atom. The minimum atomic E-state index is 0.148. The van der Waals surface area contributed by atoms with Gasteiger partial charge in [0.2, 0.25) is 0 Å². The number of benzene rings is 2. The van der Waals surface area contributed by atoms with Crippen molar-refractivity contribution in [3.8, 4) is 0 Å². The molecule has 2 aromatic carbocycles. The zero-order valence-corrected chi connectivity index (χ0v) is 13.1. The summed E-state index contributed by atoms with van der Waals surface area (Å²) in [6.45, 7) is 7.41. The molecule has 1 unspecified atom stereocenters. The van der Waals surface area contributed by atoms with Gasteiger partial charge in [0.05, 0.1) is 0 Å². The van der Waals surface area contributed by atoms with Crippen LogP contribution in [0.25, 0.3) is 10.8 Å². The third kappa shape index (κ3) is 2.87. The van der Waals surface area contributed by atoms with Crippen molar-refractivity contribution < 1.29 is 0 Å². The predicted octanol–water partition coefficient (Wildman–Crippen LogP) is 3.96. The van der Waals surface area contributed by atoms with Crippen LogP contribution in [0.5, 0.6) is 0 Å². The van der Waals surface area contributed by atoms with Crippen LogP contribution in [0.3, 0.4) is 0 Å². The van der Waals surface area contributed by atoms with Crippen molar-refractivity contribution in [2.75, 3.05) is 13.6 Å². The van der Waals surface area contributed by atoms with Crippen LogP contribution in [0, 0.1) is 0 Å². The Labute approximate surface area is 122 Å². The summed E-state index contributed by atoms with van der Waals surface area (Å²) >= 11 is 0. The van der Waals surface area contributed by atoms with E-state index in [0.29, 0.717) is 6.54 Å². The molecule has 0 aliphatic heterocycles. The lowest BCUT2D eigenvalue weighted by Crippen LogP contribution is -2.45. The molecular weight excluding hydrogens is 244 g/mol. The monoisotopic (exact) mass is 270 g/mol. The highest BCUT2D eigenvalue weighted by Crippen LogP contribution is 2.29. The highest BCUT2D eigenvalue weighted by Gasteiger charge is 2.28. The molecule has 20 heavy (non-hydrogen) atoms. The molecule has 0 saturated carbocycles. The van der Waals surface area contributed by atoms with Crippen LogP contribution in [0.2, 0.25) is 0 Å². The Bertz CT molecular complexity index is 574. The van der Waals surface area contributed by atoms with Crippen molar-refractivity contribution in [1.82, 2.24) is 4.90 Å². The number of nitrogens with zero attached hydrogens (tertiary/aromatic N) is 1. The van der Waals surface area contributed by atoms with Crippen molar-refractivity contribution >= 4 is 10.8 Å².